The van der Waals surface area contributed by atoms with Crippen molar-refractivity contribution in [3.8, 4) is 11.5 Å². The van der Waals surface area contributed by atoms with Crippen molar-refractivity contribution in [2.45, 2.75) is 50.4 Å². The van der Waals surface area contributed by atoms with Crippen LogP contribution in [0.15, 0.2) is 34.4 Å². The number of hydrogen-bond acceptors (Lipinski definition) is 11. The van der Waals surface area contributed by atoms with Crippen molar-refractivity contribution in [2.75, 3.05) is 54.9 Å². The average molecular weight is 552 g/mol. The number of aromatic hydroxyl groups is 1. The number of H-pyrrole nitrogens is 1. The van der Waals surface area contributed by atoms with Crippen LogP contribution in [-0.2, 0) is 0 Å². The molecule has 1 saturated heterocycles. The van der Waals surface area contributed by atoms with Gasteiger partial charge in [-0.05, 0) is 19.9 Å². The summed E-state index contributed by atoms with van der Waals surface area (Å²) in [4.78, 5) is 18.7. The van der Waals surface area contributed by atoms with Crippen LogP contribution in [0.3, 0.4) is 0 Å². The summed E-state index contributed by atoms with van der Waals surface area (Å²) in [6.07, 6.45) is 4.36. The summed E-state index contributed by atoms with van der Waals surface area (Å²) in [5.41, 5.74) is 4.16. The third-order valence-corrected chi connectivity index (χ3v) is 7.89. The lowest BCUT2D eigenvalue weighted by molar-refractivity contribution is 0.198. The molecule has 5 rings (SSSR count). The van der Waals surface area contributed by atoms with Crippen LogP contribution in [0.25, 0.3) is 0 Å². The molecule has 0 aliphatic carbocycles. The highest BCUT2D eigenvalue weighted by Gasteiger charge is 2.25. The zero-order chi connectivity index (χ0) is 27.6. The number of aromatic amines is 1. The van der Waals surface area contributed by atoms with Gasteiger partial charge in [-0.3, -0.25) is 10.00 Å². The van der Waals surface area contributed by atoms with Crippen LogP contribution in [-0.4, -0.2) is 80.6 Å². The van der Waals surface area contributed by atoms with Gasteiger partial charge >= 0.3 is 0 Å². The predicted molar refractivity (Wildman–Crippen MR) is 156 cm³/mol. The second-order valence-corrected chi connectivity index (χ2v) is 12.7. The minimum atomic E-state index is -0.245. The maximum atomic E-state index is 9.43. The fourth-order valence-electron chi connectivity index (χ4n) is 4.51. The molecule has 4 heterocycles. The molecule has 0 radical (unpaired) electrons. The van der Waals surface area contributed by atoms with Crippen molar-refractivity contribution in [2.24, 2.45) is 4.99 Å². The molecular formula is C27H37N9O2S. The number of aromatic nitrogens is 4. The molecule has 3 aromatic rings. The Morgan fingerprint density at radius 1 is 1.13 bits per heavy atom. The maximum absolute atomic E-state index is 9.43. The number of nitrogens with zero attached hydrogens (tertiary/aromatic N) is 6. The first kappa shape index (κ1) is 27.1. The fourth-order valence-corrected chi connectivity index (χ4v) is 5.58. The molecule has 2 aliphatic rings. The number of rotatable bonds is 8. The van der Waals surface area contributed by atoms with Gasteiger partial charge in [0, 0.05) is 60.4 Å². The van der Waals surface area contributed by atoms with Gasteiger partial charge in [-0.25, -0.2) is 15.0 Å². The topological polar surface area (TPSA) is 127 Å². The lowest BCUT2D eigenvalue weighted by Crippen LogP contribution is -2.48. The van der Waals surface area contributed by atoms with E-state index >= 15 is 0 Å². The average Bonchev–Trinajstić information content (AvgIpc) is 3.21. The van der Waals surface area contributed by atoms with E-state index in [4.69, 9.17) is 4.74 Å². The molecule has 11 nitrogen and oxygen atoms in total. The number of aliphatic imine (C=N–C) groups is 1. The Morgan fingerprint density at radius 2 is 1.87 bits per heavy atom. The molecule has 12 heteroatoms. The van der Waals surface area contributed by atoms with Gasteiger partial charge in [0.25, 0.3) is 0 Å². The van der Waals surface area contributed by atoms with Gasteiger partial charge in [-0.15, -0.1) is 11.8 Å². The maximum Gasteiger partial charge on any atom is 0.225 e. The van der Waals surface area contributed by atoms with E-state index < -0.39 is 0 Å². The zero-order valence-corrected chi connectivity index (χ0v) is 24.0. The van der Waals surface area contributed by atoms with Crippen molar-refractivity contribution in [3.63, 3.8) is 0 Å². The van der Waals surface area contributed by atoms with Crippen molar-refractivity contribution in [1.29, 1.82) is 0 Å². The van der Waals surface area contributed by atoms with Gasteiger partial charge in [-0.2, -0.15) is 5.10 Å². The van der Waals surface area contributed by atoms with Crippen LogP contribution in [0.4, 0.5) is 17.5 Å². The lowest BCUT2D eigenvalue weighted by atomic mass is 10.1. The normalized spacial score (nSPS) is 17.6. The summed E-state index contributed by atoms with van der Waals surface area (Å²) < 4.78 is 6.42. The first-order valence-electron chi connectivity index (χ1n) is 13.2. The third-order valence-electron chi connectivity index (χ3n) is 6.74. The molecule has 1 aromatic carbocycles. The zero-order valence-electron chi connectivity index (χ0n) is 23.2. The Kier molecular flexibility index (Phi) is 7.85. The first-order valence-corrected chi connectivity index (χ1v) is 14.0. The lowest BCUT2D eigenvalue weighted by Gasteiger charge is -2.34. The summed E-state index contributed by atoms with van der Waals surface area (Å²) in [5.74, 6) is 2.42. The van der Waals surface area contributed by atoms with Gasteiger partial charge in [0.1, 0.15) is 18.5 Å². The molecule has 39 heavy (non-hydrogen) atoms. The second-order valence-electron chi connectivity index (χ2n) is 10.8. The van der Waals surface area contributed by atoms with E-state index in [1.807, 2.05) is 13.8 Å². The standard InChI is InChI=1S/C27H37N9O2S/c1-17-18(2)33-34-24(17)32-25-20-12-23(39-27(3,4)5)22(13-21(20)30-16-31-25)38-11-10-35-6-8-36(9-7-35)26-28-14-19(37)15-29-26/h12-16,25,37H,6-11H2,1-5H3,(H,30,31)(H2,32,33,34). The Balaban J connectivity index is 1.25. The van der Waals surface area contributed by atoms with Crippen LogP contribution in [0, 0.1) is 13.8 Å². The molecule has 0 bridgehead atoms. The van der Waals surface area contributed by atoms with E-state index in [1.54, 1.807) is 18.1 Å². The van der Waals surface area contributed by atoms with E-state index in [-0.39, 0.29) is 16.7 Å². The van der Waals surface area contributed by atoms with Crippen molar-refractivity contribution in [1.82, 2.24) is 25.1 Å². The smallest absolute Gasteiger partial charge is 0.225 e. The van der Waals surface area contributed by atoms with Gasteiger partial charge in [0.05, 0.1) is 29.3 Å². The van der Waals surface area contributed by atoms with Crippen molar-refractivity contribution >= 4 is 35.6 Å². The van der Waals surface area contributed by atoms with E-state index in [2.05, 4.69) is 78.5 Å². The Hall–Kier alpha value is -3.51. The second kappa shape index (κ2) is 11.3. The summed E-state index contributed by atoms with van der Waals surface area (Å²) in [6, 6.07) is 4.28. The number of nitrogens with one attached hydrogen (secondary N) is 3. The molecule has 0 amide bonds. The van der Waals surface area contributed by atoms with Crippen LogP contribution >= 0.6 is 11.8 Å². The third kappa shape index (κ3) is 6.56. The van der Waals surface area contributed by atoms with Gasteiger partial charge in [-0.1, -0.05) is 20.8 Å². The number of hydrogen-bond donors (Lipinski definition) is 4. The van der Waals surface area contributed by atoms with Gasteiger partial charge < -0.3 is 25.4 Å². The minimum absolute atomic E-state index is 0.0170. The molecular weight excluding hydrogens is 514 g/mol. The highest BCUT2D eigenvalue weighted by atomic mass is 32.2. The Labute approximate surface area is 233 Å². The van der Waals surface area contributed by atoms with Crippen LogP contribution in [0.1, 0.15) is 43.8 Å². The number of benzene rings is 1. The molecule has 0 saturated carbocycles. The number of thioether (sulfide) groups is 1. The van der Waals surface area contributed by atoms with Crippen molar-refractivity contribution < 1.29 is 9.84 Å². The molecule has 2 aliphatic heterocycles. The van der Waals surface area contributed by atoms with E-state index in [0.29, 0.717) is 12.6 Å². The molecule has 1 fully saturated rings. The Bertz CT molecular complexity index is 1310. The predicted octanol–water partition coefficient (Wildman–Crippen LogP) is 4.18. The monoisotopic (exact) mass is 551 g/mol. The van der Waals surface area contributed by atoms with Crippen molar-refractivity contribution in [3.05, 3.63) is 41.3 Å². The number of aryl methyl sites for hydroxylation is 1. The SMILES string of the molecule is Cc1[nH]nc(NC2N=CNc3cc(OCCN4CCN(c5ncc(O)cn5)CC4)c(SC(C)(C)C)cc32)c1C. The van der Waals surface area contributed by atoms with Gasteiger partial charge in [0.15, 0.2) is 11.6 Å². The number of fused-ring (bicyclic) bond motifs is 1. The van der Waals surface area contributed by atoms with E-state index in [1.165, 1.54) is 12.4 Å². The summed E-state index contributed by atoms with van der Waals surface area (Å²) in [6.45, 7) is 15.6. The van der Waals surface area contributed by atoms with Crippen LogP contribution in [0.2, 0.25) is 0 Å². The Morgan fingerprint density at radius 3 is 2.54 bits per heavy atom. The summed E-state index contributed by atoms with van der Waals surface area (Å²) in [5, 5.41) is 23.7. The molecule has 2 aromatic heterocycles. The van der Waals surface area contributed by atoms with Crippen LogP contribution < -0.4 is 20.3 Å². The highest BCUT2D eigenvalue weighted by Crippen LogP contribution is 2.43. The largest absolute Gasteiger partial charge is 0.505 e. The van der Waals surface area contributed by atoms with Gasteiger partial charge in [0.2, 0.25) is 5.95 Å². The molecule has 0 spiro atoms. The fraction of sp³-hybridized carbons (Fsp3) is 0.481. The van der Waals surface area contributed by atoms with E-state index in [0.717, 1.165) is 71.7 Å². The molecule has 4 N–H and O–H groups in total. The summed E-state index contributed by atoms with van der Waals surface area (Å²) in [7, 11) is 0. The van der Waals surface area contributed by atoms with Crippen LogP contribution in [0.5, 0.6) is 11.5 Å². The molecule has 1 atom stereocenters. The number of anilines is 3. The highest BCUT2D eigenvalue weighted by molar-refractivity contribution is 8.00. The number of piperazine rings is 1. The minimum Gasteiger partial charge on any atom is -0.505 e. The van der Waals surface area contributed by atoms with E-state index in [9.17, 15) is 5.11 Å². The number of ether oxygens (including phenoxy) is 1. The quantitative estimate of drug-likeness (QED) is 0.303. The molecule has 208 valence electrons. The molecule has 1 unspecified atom stereocenters. The summed E-state index contributed by atoms with van der Waals surface area (Å²) >= 11 is 1.79. The first-order chi connectivity index (χ1) is 18.7.